The summed E-state index contributed by atoms with van der Waals surface area (Å²) in [6.45, 7) is 3.32. The Morgan fingerprint density at radius 1 is 1.11 bits per heavy atom. The Morgan fingerprint density at radius 2 is 1.93 bits per heavy atom. The van der Waals surface area contributed by atoms with E-state index in [1.165, 1.54) is 11.1 Å². The van der Waals surface area contributed by atoms with Gasteiger partial charge in [0.15, 0.2) is 5.82 Å². The molecule has 1 aliphatic heterocycles. The van der Waals surface area contributed by atoms with Crippen LogP contribution < -0.4 is 5.56 Å². The highest BCUT2D eigenvalue weighted by Crippen LogP contribution is 2.19. The summed E-state index contributed by atoms with van der Waals surface area (Å²) >= 11 is 0. The number of carbonyl (C=O) groups is 1. The number of aromatic amines is 1. The lowest BCUT2D eigenvalue weighted by molar-refractivity contribution is -0.132. The molecule has 1 aromatic heterocycles. The molecule has 0 bridgehead atoms. The molecule has 4 rings (SSSR count). The zero-order chi connectivity index (χ0) is 19.5. The van der Waals surface area contributed by atoms with E-state index < -0.39 is 0 Å². The van der Waals surface area contributed by atoms with Gasteiger partial charge in [-0.1, -0.05) is 48.0 Å². The van der Waals surface area contributed by atoms with Crippen LogP contribution in [-0.2, 0) is 24.2 Å². The molecule has 0 fully saturated rings. The van der Waals surface area contributed by atoms with E-state index in [4.69, 9.17) is 0 Å². The van der Waals surface area contributed by atoms with Crippen molar-refractivity contribution in [3.8, 4) is 11.4 Å². The number of hydrogen-bond acceptors (Lipinski definition) is 4. The fraction of sp³-hybridized carbons (Fsp3) is 0.273. The van der Waals surface area contributed by atoms with Gasteiger partial charge in [0.05, 0.1) is 0 Å². The van der Waals surface area contributed by atoms with Gasteiger partial charge in [-0.05, 0) is 30.5 Å². The number of aryl methyl sites for hydroxylation is 2. The predicted molar refractivity (Wildman–Crippen MR) is 107 cm³/mol. The third-order valence-electron chi connectivity index (χ3n) is 5.12. The fourth-order valence-corrected chi connectivity index (χ4v) is 3.54. The minimum Gasteiger partial charge on any atom is -0.338 e. The van der Waals surface area contributed by atoms with Crippen LogP contribution in [0.5, 0.6) is 0 Å². The van der Waals surface area contributed by atoms with E-state index in [9.17, 15) is 9.59 Å². The van der Waals surface area contributed by atoms with E-state index in [0.29, 0.717) is 24.6 Å². The number of aromatic nitrogens is 3. The van der Waals surface area contributed by atoms with E-state index in [1.807, 2.05) is 48.2 Å². The molecule has 0 unspecified atom stereocenters. The Balaban J connectivity index is 1.41. The highest BCUT2D eigenvalue weighted by molar-refractivity contribution is 5.76. The van der Waals surface area contributed by atoms with Crippen molar-refractivity contribution in [2.75, 3.05) is 6.54 Å². The summed E-state index contributed by atoms with van der Waals surface area (Å²) in [6.07, 6.45) is 1.41. The molecule has 0 radical (unpaired) electrons. The van der Waals surface area contributed by atoms with E-state index in [0.717, 1.165) is 17.5 Å². The van der Waals surface area contributed by atoms with Crippen LogP contribution in [0.4, 0.5) is 0 Å². The maximum absolute atomic E-state index is 12.6. The number of carbonyl (C=O) groups excluding carboxylic acids is 1. The molecule has 0 aliphatic carbocycles. The van der Waals surface area contributed by atoms with Crippen LogP contribution in [-0.4, -0.2) is 32.5 Å². The fourth-order valence-electron chi connectivity index (χ4n) is 3.54. The van der Waals surface area contributed by atoms with Gasteiger partial charge in [-0.25, -0.2) is 0 Å². The van der Waals surface area contributed by atoms with Gasteiger partial charge < -0.3 is 9.88 Å². The summed E-state index contributed by atoms with van der Waals surface area (Å²) in [5.74, 6) is 0.481. The first-order valence-electron chi connectivity index (χ1n) is 9.47. The zero-order valence-corrected chi connectivity index (χ0v) is 15.8. The number of hydrogen-bond donors (Lipinski definition) is 1. The van der Waals surface area contributed by atoms with Crippen LogP contribution in [0, 0.1) is 6.92 Å². The van der Waals surface area contributed by atoms with Crippen molar-refractivity contribution in [3.05, 3.63) is 81.3 Å². The summed E-state index contributed by atoms with van der Waals surface area (Å²) in [5.41, 5.74) is 4.41. The van der Waals surface area contributed by atoms with Crippen LogP contribution in [0.3, 0.4) is 0 Å². The van der Waals surface area contributed by atoms with Crippen LogP contribution in [0.25, 0.3) is 11.4 Å². The first kappa shape index (κ1) is 18.1. The average Bonchev–Trinajstić information content (AvgIpc) is 2.72. The topological polar surface area (TPSA) is 79.0 Å². The summed E-state index contributed by atoms with van der Waals surface area (Å²) in [4.78, 5) is 29.6. The Kier molecular flexibility index (Phi) is 5.02. The highest BCUT2D eigenvalue weighted by atomic mass is 16.2. The van der Waals surface area contributed by atoms with Crippen molar-refractivity contribution in [1.82, 2.24) is 20.1 Å². The second-order valence-electron chi connectivity index (χ2n) is 7.15. The van der Waals surface area contributed by atoms with E-state index in [2.05, 4.69) is 27.3 Å². The van der Waals surface area contributed by atoms with Gasteiger partial charge in [0.2, 0.25) is 5.91 Å². The third kappa shape index (κ3) is 3.86. The monoisotopic (exact) mass is 374 g/mol. The summed E-state index contributed by atoms with van der Waals surface area (Å²) in [6, 6.07) is 15.9. The summed E-state index contributed by atoms with van der Waals surface area (Å²) < 4.78 is 0. The minimum atomic E-state index is -0.289. The number of nitrogens with one attached hydrogen (secondary N) is 1. The number of H-pyrrole nitrogens is 1. The van der Waals surface area contributed by atoms with Gasteiger partial charge in [-0.3, -0.25) is 9.59 Å². The molecule has 142 valence electrons. The molecule has 1 amide bonds. The van der Waals surface area contributed by atoms with Crippen LogP contribution in [0.1, 0.15) is 28.8 Å². The molecule has 0 saturated heterocycles. The highest BCUT2D eigenvalue weighted by Gasteiger charge is 2.20. The minimum absolute atomic E-state index is 0.0402. The predicted octanol–water partition coefficient (Wildman–Crippen LogP) is 2.66. The molecule has 3 aromatic rings. The van der Waals surface area contributed by atoms with Crippen LogP contribution >= 0.6 is 0 Å². The standard InChI is InChI=1S/C22H22N4O2/c1-15-5-4-8-17(13-15)21-23-22(28)19(24-25-21)9-10-20(27)26-12-11-16-6-2-3-7-18(16)14-26/h2-8,13H,9-12,14H2,1H3,(H,23,25,28). The van der Waals surface area contributed by atoms with E-state index in [1.54, 1.807) is 0 Å². The first-order chi connectivity index (χ1) is 13.6. The van der Waals surface area contributed by atoms with Gasteiger partial charge in [-0.2, -0.15) is 0 Å². The van der Waals surface area contributed by atoms with Gasteiger partial charge >= 0.3 is 0 Å². The summed E-state index contributed by atoms with van der Waals surface area (Å²) in [7, 11) is 0. The molecular weight excluding hydrogens is 352 g/mol. The Morgan fingerprint density at radius 3 is 2.71 bits per heavy atom. The van der Waals surface area contributed by atoms with E-state index >= 15 is 0 Å². The van der Waals surface area contributed by atoms with Gasteiger partial charge in [0.25, 0.3) is 5.56 Å². The molecule has 0 atom stereocenters. The normalized spacial score (nSPS) is 13.2. The van der Waals surface area contributed by atoms with Gasteiger partial charge in [0, 0.05) is 31.5 Å². The van der Waals surface area contributed by atoms with Crippen molar-refractivity contribution < 1.29 is 4.79 Å². The number of nitrogens with zero attached hydrogens (tertiary/aromatic N) is 3. The molecule has 1 aliphatic rings. The maximum atomic E-state index is 12.6. The van der Waals surface area contributed by atoms with Crippen LogP contribution in [0.15, 0.2) is 53.3 Å². The third-order valence-corrected chi connectivity index (χ3v) is 5.12. The lowest BCUT2D eigenvalue weighted by Gasteiger charge is -2.28. The average molecular weight is 374 g/mol. The van der Waals surface area contributed by atoms with Crippen molar-refractivity contribution >= 4 is 5.91 Å². The van der Waals surface area contributed by atoms with Gasteiger partial charge in [-0.15, -0.1) is 10.2 Å². The smallest absolute Gasteiger partial charge is 0.273 e. The SMILES string of the molecule is Cc1cccc(-c2nnc(CCC(=O)N3CCc4ccccc4C3)c(=O)[nH]2)c1. The molecule has 0 saturated carbocycles. The number of amides is 1. The Bertz CT molecular complexity index is 1070. The van der Waals surface area contributed by atoms with Crippen LogP contribution in [0.2, 0.25) is 0 Å². The molecule has 28 heavy (non-hydrogen) atoms. The second-order valence-corrected chi connectivity index (χ2v) is 7.15. The molecular formula is C22H22N4O2. The molecule has 2 aromatic carbocycles. The van der Waals surface area contributed by atoms with E-state index in [-0.39, 0.29) is 24.3 Å². The lowest BCUT2D eigenvalue weighted by Crippen LogP contribution is -2.36. The molecule has 1 N–H and O–H groups in total. The van der Waals surface area contributed by atoms with Crippen molar-refractivity contribution in [3.63, 3.8) is 0 Å². The Labute approximate surface area is 163 Å². The van der Waals surface area contributed by atoms with Crippen molar-refractivity contribution in [1.29, 1.82) is 0 Å². The van der Waals surface area contributed by atoms with Gasteiger partial charge in [0.1, 0.15) is 5.69 Å². The number of fused-ring (bicyclic) bond motifs is 1. The second kappa shape index (κ2) is 7.76. The quantitative estimate of drug-likeness (QED) is 0.761. The Hall–Kier alpha value is -3.28. The largest absolute Gasteiger partial charge is 0.338 e. The summed E-state index contributed by atoms with van der Waals surface area (Å²) in [5, 5.41) is 8.21. The zero-order valence-electron chi connectivity index (χ0n) is 15.8. The molecule has 2 heterocycles. The maximum Gasteiger partial charge on any atom is 0.273 e. The number of rotatable bonds is 4. The molecule has 0 spiro atoms. The van der Waals surface area contributed by atoms with Crippen molar-refractivity contribution in [2.24, 2.45) is 0 Å². The molecule has 6 nitrogen and oxygen atoms in total. The van der Waals surface area contributed by atoms with Crippen molar-refractivity contribution in [2.45, 2.75) is 32.7 Å². The first-order valence-corrected chi connectivity index (χ1v) is 9.47. The number of benzene rings is 2. The lowest BCUT2D eigenvalue weighted by atomic mass is 9.99. The molecule has 6 heteroatoms.